The van der Waals surface area contributed by atoms with Crippen molar-refractivity contribution in [2.75, 3.05) is 6.61 Å². The van der Waals surface area contributed by atoms with E-state index < -0.39 is 11.8 Å². The third kappa shape index (κ3) is 3.62. The summed E-state index contributed by atoms with van der Waals surface area (Å²) in [5.41, 5.74) is 2.72. The zero-order valence-corrected chi connectivity index (χ0v) is 16.9. The zero-order chi connectivity index (χ0) is 21.3. The van der Waals surface area contributed by atoms with Crippen LogP contribution in [-0.4, -0.2) is 21.7 Å². The molecule has 0 N–H and O–H groups in total. The highest BCUT2D eigenvalue weighted by Gasteiger charge is 2.20. The number of hydrogen-bond donors (Lipinski definition) is 0. The molecule has 0 radical (unpaired) electrons. The Labute approximate surface area is 176 Å². The molecule has 0 aliphatic carbocycles. The summed E-state index contributed by atoms with van der Waals surface area (Å²) < 4.78 is 22.1. The van der Waals surface area contributed by atoms with Crippen molar-refractivity contribution in [1.29, 1.82) is 0 Å². The Bertz CT molecular complexity index is 1300. The fourth-order valence-electron chi connectivity index (χ4n) is 3.46. The van der Waals surface area contributed by atoms with Crippen LogP contribution in [0.5, 0.6) is 0 Å². The molecular weight excluding hydrogens is 407 g/mol. The Balaban J connectivity index is 1.95. The van der Waals surface area contributed by atoms with E-state index in [0.29, 0.717) is 28.0 Å². The van der Waals surface area contributed by atoms with Crippen molar-refractivity contribution in [1.82, 2.24) is 9.13 Å². The van der Waals surface area contributed by atoms with Crippen molar-refractivity contribution in [3.8, 4) is 5.69 Å². The Morgan fingerprint density at radius 1 is 1.03 bits per heavy atom. The Hall–Kier alpha value is -3.38. The van der Waals surface area contributed by atoms with Crippen LogP contribution in [0.25, 0.3) is 16.7 Å². The molecule has 0 saturated carbocycles. The van der Waals surface area contributed by atoms with E-state index in [4.69, 9.17) is 16.3 Å². The first-order chi connectivity index (χ1) is 14.5. The SMILES string of the molecule is CCOC(=O)c1cc2c(ccc(=O)n2-c2ccccc2)n1Cc1ccc(F)c(Cl)c1. The standard InChI is InChI=1S/C23H18ClFN2O3/c1-2-30-23(29)21-13-20-19(26(21)14-15-8-9-18(25)17(24)12-15)10-11-22(28)27(20)16-6-4-3-5-7-16/h3-13H,2,14H2,1H3. The van der Waals surface area contributed by atoms with E-state index in [9.17, 15) is 14.0 Å². The quantitative estimate of drug-likeness (QED) is 0.432. The first-order valence-corrected chi connectivity index (χ1v) is 9.79. The van der Waals surface area contributed by atoms with Crippen LogP contribution in [0.1, 0.15) is 23.0 Å². The van der Waals surface area contributed by atoms with Gasteiger partial charge < -0.3 is 9.30 Å². The minimum Gasteiger partial charge on any atom is -0.461 e. The van der Waals surface area contributed by atoms with Gasteiger partial charge in [0.25, 0.3) is 5.56 Å². The van der Waals surface area contributed by atoms with Gasteiger partial charge in [-0.3, -0.25) is 9.36 Å². The van der Waals surface area contributed by atoms with E-state index in [-0.39, 0.29) is 23.7 Å². The largest absolute Gasteiger partial charge is 0.461 e. The summed E-state index contributed by atoms with van der Waals surface area (Å²) in [5, 5.41) is 0.00263. The molecule has 2 heterocycles. The lowest BCUT2D eigenvalue weighted by Crippen LogP contribution is -2.17. The van der Waals surface area contributed by atoms with Crippen LogP contribution in [-0.2, 0) is 11.3 Å². The van der Waals surface area contributed by atoms with Crippen molar-refractivity contribution >= 4 is 28.6 Å². The number of aromatic nitrogens is 2. The van der Waals surface area contributed by atoms with Gasteiger partial charge >= 0.3 is 5.97 Å². The van der Waals surface area contributed by atoms with E-state index in [1.165, 1.54) is 18.2 Å². The molecule has 0 saturated heterocycles. The Morgan fingerprint density at radius 3 is 2.50 bits per heavy atom. The molecule has 7 heteroatoms. The average molecular weight is 425 g/mol. The summed E-state index contributed by atoms with van der Waals surface area (Å²) in [7, 11) is 0. The number of pyridine rings is 1. The smallest absolute Gasteiger partial charge is 0.355 e. The lowest BCUT2D eigenvalue weighted by atomic mass is 10.2. The topological polar surface area (TPSA) is 53.2 Å². The highest BCUT2D eigenvalue weighted by atomic mass is 35.5. The van der Waals surface area contributed by atoms with Crippen LogP contribution >= 0.6 is 11.6 Å². The van der Waals surface area contributed by atoms with Crippen molar-refractivity contribution in [3.63, 3.8) is 0 Å². The second kappa shape index (κ2) is 8.16. The predicted molar refractivity (Wildman–Crippen MR) is 114 cm³/mol. The summed E-state index contributed by atoms with van der Waals surface area (Å²) >= 11 is 5.93. The van der Waals surface area contributed by atoms with Crippen molar-refractivity contribution in [2.45, 2.75) is 13.5 Å². The van der Waals surface area contributed by atoms with Gasteiger partial charge in [0.05, 0.1) is 22.7 Å². The molecule has 2 aromatic heterocycles. The molecule has 2 aromatic carbocycles. The van der Waals surface area contributed by atoms with Gasteiger partial charge in [0.15, 0.2) is 0 Å². The number of benzene rings is 2. The molecule has 4 aromatic rings. The van der Waals surface area contributed by atoms with Crippen LogP contribution in [0.15, 0.2) is 71.5 Å². The number of halogens is 2. The van der Waals surface area contributed by atoms with Gasteiger partial charge in [-0.25, -0.2) is 9.18 Å². The average Bonchev–Trinajstić information content (AvgIpc) is 3.10. The van der Waals surface area contributed by atoms with E-state index >= 15 is 0 Å². The van der Waals surface area contributed by atoms with E-state index in [2.05, 4.69) is 0 Å². The molecular formula is C23H18ClFN2O3. The first-order valence-electron chi connectivity index (χ1n) is 9.41. The highest BCUT2D eigenvalue weighted by molar-refractivity contribution is 6.30. The second-order valence-electron chi connectivity index (χ2n) is 6.70. The van der Waals surface area contributed by atoms with Crippen LogP contribution in [0, 0.1) is 5.82 Å². The fraction of sp³-hybridized carbons (Fsp3) is 0.130. The molecule has 0 bridgehead atoms. The molecule has 0 fully saturated rings. The highest BCUT2D eigenvalue weighted by Crippen LogP contribution is 2.25. The maximum atomic E-state index is 13.6. The predicted octanol–water partition coefficient (Wildman–Crippen LogP) is 4.81. The van der Waals surface area contributed by atoms with Gasteiger partial charge in [-0.1, -0.05) is 35.9 Å². The fourth-order valence-corrected chi connectivity index (χ4v) is 3.66. The Kier molecular flexibility index (Phi) is 5.42. The number of rotatable bonds is 5. The lowest BCUT2D eigenvalue weighted by Gasteiger charge is -2.12. The van der Waals surface area contributed by atoms with Crippen molar-refractivity contribution < 1.29 is 13.9 Å². The molecule has 4 rings (SSSR count). The monoisotopic (exact) mass is 424 g/mol. The number of nitrogens with zero attached hydrogens (tertiary/aromatic N) is 2. The van der Waals surface area contributed by atoms with Crippen molar-refractivity contribution in [2.24, 2.45) is 0 Å². The van der Waals surface area contributed by atoms with Gasteiger partial charge in [-0.15, -0.1) is 0 Å². The summed E-state index contributed by atoms with van der Waals surface area (Å²) in [5.74, 6) is -1.02. The van der Waals surface area contributed by atoms with Crippen molar-refractivity contribution in [3.05, 3.63) is 99.2 Å². The van der Waals surface area contributed by atoms with E-state index in [1.54, 1.807) is 34.3 Å². The summed E-state index contributed by atoms with van der Waals surface area (Å²) in [6.07, 6.45) is 0. The summed E-state index contributed by atoms with van der Waals surface area (Å²) in [6, 6.07) is 18.4. The molecule has 0 amide bonds. The third-order valence-corrected chi connectivity index (χ3v) is 5.08. The number of para-hydroxylation sites is 1. The second-order valence-corrected chi connectivity index (χ2v) is 7.10. The summed E-state index contributed by atoms with van der Waals surface area (Å²) in [6.45, 7) is 2.20. The maximum absolute atomic E-state index is 13.6. The number of fused-ring (bicyclic) bond motifs is 1. The number of ether oxygens (including phenoxy) is 1. The number of carbonyl (C=O) groups is 1. The molecule has 0 atom stereocenters. The Morgan fingerprint density at radius 2 is 1.80 bits per heavy atom. The first kappa shape index (κ1) is 19.9. The molecule has 30 heavy (non-hydrogen) atoms. The minimum atomic E-state index is -0.513. The molecule has 0 unspecified atom stereocenters. The number of carbonyl (C=O) groups excluding carboxylic acids is 1. The minimum absolute atomic E-state index is 0.00263. The van der Waals surface area contributed by atoms with Crippen LogP contribution in [0.2, 0.25) is 5.02 Å². The molecule has 0 aliphatic rings. The number of hydrogen-bond acceptors (Lipinski definition) is 3. The van der Waals surface area contributed by atoms with E-state index in [1.807, 2.05) is 30.3 Å². The van der Waals surface area contributed by atoms with Gasteiger partial charge in [0.2, 0.25) is 0 Å². The summed E-state index contributed by atoms with van der Waals surface area (Å²) in [4.78, 5) is 25.3. The maximum Gasteiger partial charge on any atom is 0.355 e. The van der Waals surface area contributed by atoms with Gasteiger partial charge in [0.1, 0.15) is 11.5 Å². The third-order valence-electron chi connectivity index (χ3n) is 4.79. The van der Waals surface area contributed by atoms with Gasteiger partial charge in [0, 0.05) is 18.3 Å². The normalized spacial score (nSPS) is 11.0. The van der Waals surface area contributed by atoms with Gasteiger partial charge in [-0.05, 0) is 48.9 Å². The van der Waals surface area contributed by atoms with Gasteiger partial charge in [-0.2, -0.15) is 0 Å². The van der Waals surface area contributed by atoms with E-state index in [0.717, 1.165) is 0 Å². The van der Waals surface area contributed by atoms with Crippen LogP contribution in [0.3, 0.4) is 0 Å². The zero-order valence-electron chi connectivity index (χ0n) is 16.1. The lowest BCUT2D eigenvalue weighted by molar-refractivity contribution is 0.0515. The molecule has 5 nitrogen and oxygen atoms in total. The van der Waals surface area contributed by atoms with Crippen LogP contribution < -0.4 is 5.56 Å². The van der Waals surface area contributed by atoms with Crippen LogP contribution in [0.4, 0.5) is 4.39 Å². The molecule has 0 aliphatic heterocycles. The number of esters is 1. The molecule has 0 spiro atoms. The molecule has 152 valence electrons.